The molecule has 0 saturated carbocycles. The van der Waals surface area contributed by atoms with Crippen LogP contribution in [0.25, 0.3) is 11.0 Å². The van der Waals surface area contributed by atoms with Gasteiger partial charge in [0, 0.05) is 37.9 Å². The first-order valence-electron chi connectivity index (χ1n) is 9.40. The van der Waals surface area contributed by atoms with Gasteiger partial charge in [0.2, 0.25) is 5.91 Å². The molecule has 1 saturated heterocycles. The first-order chi connectivity index (χ1) is 13.6. The number of piperidine rings is 1. The Morgan fingerprint density at radius 3 is 2.96 bits per heavy atom. The smallest absolute Gasteiger partial charge is 0.270 e. The molecule has 8 heteroatoms. The van der Waals surface area contributed by atoms with E-state index in [0.29, 0.717) is 41.9 Å². The molecule has 28 heavy (non-hydrogen) atoms. The molecule has 1 unspecified atom stereocenters. The summed E-state index contributed by atoms with van der Waals surface area (Å²) in [5, 5.41) is 0. The first kappa shape index (κ1) is 18.1. The molecular formula is C20H21N5O3. The zero-order valence-corrected chi connectivity index (χ0v) is 15.4. The molecule has 3 aromatic rings. The molecule has 3 heterocycles. The fraction of sp³-hybridized carbons (Fsp3) is 0.350. The van der Waals surface area contributed by atoms with Gasteiger partial charge in [0.15, 0.2) is 0 Å². The Morgan fingerprint density at radius 2 is 2.11 bits per heavy atom. The van der Waals surface area contributed by atoms with Crippen LogP contribution < -0.4 is 11.1 Å². The summed E-state index contributed by atoms with van der Waals surface area (Å²) in [6, 6.07) is 8.83. The predicted octanol–water partition coefficient (Wildman–Crippen LogP) is 1.35. The van der Waals surface area contributed by atoms with E-state index in [-0.39, 0.29) is 29.4 Å². The highest BCUT2D eigenvalue weighted by Gasteiger charge is 2.25. The van der Waals surface area contributed by atoms with Crippen LogP contribution in [0.15, 0.2) is 46.2 Å². The van der Waals surface area contributed by atoms with Crippen molar-refractivity contribution in [1.82, 2.24) is 24.8 Å². The van der Waals surface area contributed by atoms with Crippen LogP contribution in [0.1, 0.15) is 36.6 Å². The topological polar surface area (TPSA) is 112 Å². The van der Waals surface area contributed by atoms with Crippen molar-refractivity contribution >= 4 is 16.9 Å². The van der Waals surface area contributed by atoms with E-state index in [9.17, 15) is 14.4 Å². The third-order valence-electron chi connectivity index (χ3n) is 5.14. The van der Waals surface area contributed by atoms with Crippen molar-refractivity contribution < 1.29 is 4.79 Å². The molecule has 1 aliphatic rings. The Hall–Kier alpha value is -3.29. The average molecular weight is 379 g/mol. The molecule has 4 rings (SSSR count). The molecule has 2 N–H and O–H groups in total. The van der Waals surface area contributed by atoms with E-state index in [1.54, 1.807) is 11.0 Å². The third-order valence-corrected chi connectivity index (χ3v) is 5.14. The standard InChI is InChI=1S/C20H21N5O3/c26-18-10-17(21-12-22-18)13-4-3-9-25(11-13)19(27)8-7-16-20(28)24-15-6-2-1-5-14(15)23-16/h1-2,5-6,10,12-13H,3-4,7-9,11H2,(H,24,28)(H,21,22,26). The van der Waals surface area contributed by atoms with Crippen LogP contribution in [-0.4, -0.2) is 43.8 Å². The van der Waals surface area contributed by atoms with Gasteiger partial charge in [-0.1, -0.05) is 12.1 Å². The van der Waals surface area contributed by atoms with Crippen LogP contribution in [0, 0.1) is 0 Å². The number of hydrogen-bond acceptors (Lipinski definition) is 5. The molecule has 1 fully saturated rings. The fourth-order valence-corrected chi connectivity index (χ4v) is 3.67. The molecule has 2 aromatic heterocycles. The molecule has 0 bridgehead atoms. The van der Waals surface area contributed by atoms with E-state index in [4.69, 9.17) is 0 Å². The number of carbonyl (C=O) groups is 1. The molecule has 0 aliphatic carbocycles. The summed E-state index contributed by atoms with van der Waals surface area (Å²) in [6.07, 6.45) is 3.68. The van der Waals surface area contributed by atoms with Gasteiger partial charge >= 0.3 is 0 Å². The number of hydrogen-bond donors (Lipinski definition) is 2. The van der Waals surface area contributed by atoms with Crippen molar-refractivity contribution in [3.05, 3.63) is 68.8 Å². The fourth-order valence-electron chi connectivity index (χ4n) is 3.67. The monoisotopic (exact) mass is 379 g/mol. The van der Waals surface area contributed by atoms with Crippen molar-refractivity contribution in [3.63, 3.8) is 0 Å². The summed E-state index contributed by atoms with van der Waals surface area (Å²) < 4.78 is 0. The number of nitrogens with one attached hydrogen (secondary N) is 2. The van der Waals surface area contributed by atoms with Crippen molar-refractivity contribution in [1.29, 1.82) is 0 Å². The highest BCUT2D eigenvalue weighted by molar-refractivity contribution is 5.77. The number of benzene rings is 1. The molecule has 0 spiro atoms. The summed E-state index contributed by atoms with van der Waals surface area (Å²) in [6.45, 7) is 1.22. The summed E-state index contributed by atoms with van der Waals surface area (Å²) >= 11 is 0. The van der Waals surface area contributed by atoms with Gasteiger partial charge in [0.1, 0.15) is 5.69 Å². The van der Waals surface area contributed by atoms with E-state index in [0.717, 1.165) is 12.8 Å². The van der Waals surface area contributed by atoms with Gasteiger partial charge in [-0.15, -0.1) is 0 Å². The number of para-hydroxylation sites is 2. The third kappa shape index (κ3) is 3.85. The number of H-pyrrole nitrogens is 2. The minimum Gasteiger partial charge on any atom is -0.342 e. The van der Waals surface area contributed by atoms with E-state index in [2.05, 4.69) is 19.9 Å². The summed E-state index contributed by atoms with van der Waals surface area (Å²) in [4.78, 5) is 52.2. The van der Waals surface area contributed by atoms with Crippen molar-refractivity contribution in [3.8, 4) is 0 Å². The van der Waals surface area contributed by atoms with Gasteiger partial charge in [-0.05, 0) is 25.0 Å². The minimum atomic E-state index is -0.254. The SMILES string of the molecule is O=C(CCc1nc2ccccc2[nH]c1=O)N1CCCC(c2cc(=O)[nH]cn2)C1. The summed E-state index contributed by atoms with van der Waals surface area (Å²) in [5.41, 5.74) is 2.05. The van der Waals surface area contributed by atoms with Gasteiger partial charge in [-0.3, -0.25) is 14.4 Å². The number of carbonyl (C=O) groups excluding carboxylic acids is 1. The van der Waals surface area contributed by atoms with Crippen molar-refractivity contribution in [2.75, 3.05) is 13.1 Å². The van der Waals surface area contributed by atoms with Crippen LogP contribution in [-0.2, 0) is 11.2 Å². The largest absolute Gasteiger partial charge is 0.342 e. The number of aromatic amines is 2. The van der Waals surface area contributed by atoms with Gasteiger partial charge in [0.05, 0.1) is 23.1 Å². The van der Waals surface area contributed by atoms with Crippen LogP contribution in [0.5, 0.6) is 0 Å². The molecule has 1 aromatic carbocycles. The number of amides is 1. The number of aromatic nitrogens is 4. The normalized spacial score (nSPS) is 17.0. The maximum atomic E-state index is 12.7. The van der Waals surface area contributed by atoms with Crippen LogP contribution in [0.4, 0.5) is 0 Å². The van der Waals surface area contributed by atoms with E-state index in [1.807, 2.05) is 18.2 Å². The maximum absolute atomic E-state index is 12.7. The highest BCUT2D eigenvalue weighted by Crippen LogP contribution is 2.25. The second kappa shape index (κ2) is 7.75. The van der Waals surface area contributed by atoms with Gasteiger partial charge in [0.25, 0.3) is 11.1 Å². The zero-order valence-electron chi connectivity index (χ0n) is 15.4. The number of rotatable bonds is 4. The lowest BCUT2D eigenvalue weighted by Crippen LogP contribution is -2.39. The van der Waals surface area contributed by atoms with E-state index >= 15 is 0 Å². The molecule has 144 valence electrons. The zero-order chi connectivity index (χ0) is 19.5. The molecule has 8 nitrogen and oxygen atoms in total. The average Bonchev–Trinajstić information content (AvgIpc) is 2.72. The Balaban J connectivity index is 1.43. The Kier molecular flexibility index (Phi) is 5.01. The molecule has 1 amide bonds. The Labute approximate surface area is 160 Å². The van der Waals surface area contributed by atoms with Crippen LogP contribution in [0.2, 0.25) is 0 Å². The molecule has 1 atom stereocenters. The lowest BCUT2D eigenvalue weighted by atomic mass is 9.94. The van der Waals surface area contributed by atoms with E-state index in [1.165, 1.54) is 12.4 Å². The molecule has 1 aliphatic heterocycles. The maximum Gasteiger partial charge on any atom is 0.270 e. The second-order valence-corrected chi connectivity index (χ2v) is 7.04. The number of aryl methyl sites for hydroxylation is 1. The Bertz CT molecular complexity index is 1120. The summed E-state index contributed by atoms with van der Waals surface area (Å²) in [7, 11) is 0. The number of fused-ring (bicyclic) bond motifs is 1. The van der Waals surface area contributed by atoms with Gasteiger partial charge in [-0.25, -0.2) is 9.97 Å². The van der Waals surface area contributed by atoms with Gasteiger partial charge in [-0.2, -0.15) is 0 Å². The first-order valence-corrected chi connectivity index (χ1v) is 9.40. The quantitative estimate of drug-likeness (QED) is 0.711. The number of nitrogens with zero attached hydrogens (tertiary/aromatic N) is 3. The van der Waals surface area contributed by atoms with Gasteiger partial charge < -0.3 is 14.9 Å². The molecule has 0 radical (unpaired) electrons. The highest BCUT2D eigenvalue weighted by atomic mass is 16.2. The van der Waals surface area contributed by atoms with E-state index < -0.39 is 0 Å². The number of likely N-dealkylation sites (tertiary alicyclic amines) is 1. The molecular weight excluding hydrogens is 358 g/mol. The lowest BCUT2D eigenvalue weighted by Gasteiger charge is -2.32. The predicted molar refractivity (Wildman–Crippen MR) is 104 cm³/mol. The Morgan fingerprint density at radius 1 is 1.25 bits per heavy atom. The van der Waals surface area contributed by atoms with Crippen LogP contribution >= 0.6 is 0 Å². The second-order valence-electron chi connectivity index (χ2n) is 7.04. The van der Waals surface area contributed by atoms with Crippen molar-refractivity contribution in [2.24, 2.45) is 0 Å². The van der Waals surface area contributed by atoms with Crippen LogP contribution in [0.3, 0.4) is 0 Å². The minimum absolute atomic E-state index is 0.0103. The lowest BCUT2D eigenvalue weighted by molar-refractivity contribution is -0.132. The van der Waals surface area contributed by atoms with Crippen molar-refractivity contribution in [2.45, 2.75) is 31.6 Å². The summed E-state index contributed by atoms with van der Waals surface area (Å²) in [5.74, 6) is 0.0473.